The van der Waals surface area contributed by atoms with Gasteiger partial charge in [0, 0.05) is 0 Å². The van der Waals surface area contributed by atoms with Gasteiger partial charge in [-0.05, 0) is 10.2 Å². The zero-order valence-corrected chi connectivity index (χ0v) is 12.3. The number of aromatic nitrogens is 4. The van der Waals surface area contributed by atoms with Crippen LogP contribution >= 0.6 is 22.6 Å². The molecular weight excluding hydrogens is 377 g/mol. The summed E-state index contributed by atoms with van der Waals surface area (Å²) >= 11 is 2.02. The van der Waals surface area contributed by atoms with E-state index < -0.39 is 24.5 Å². The SMILES string of the molecule is Nc1ncnc2c1ncn2[C@@H]1O[C@H](C=CI)[C@@H](O)[C@H]1O. The molecule has 0 bridgehead atoms. The van der Waals surface area contributed by atoms with E-state index in [2.05, 4.69) is 15.0 Å². The van der Waals surface area contributed by atoms with Crippen molar-refractivity contribution < 1.29 is 14.9 Å². The number of aliphatic hydroxyl groups excluding tert-OH is 2. The summed E-state index contributed by atoms with van der Waals surface area (Å²) < 4.78 is 8.92. The third-order valence-corrected chi connectivity index (χ3v) is 3.61. The molecule has 1 aliphatic rings. The highest BCUT2D eigenvalue weighted by atomic mass is 127. The zero-order chi connectivity index (χ0) is 14.3. The van der Waals surface area contributed by atoms with E-state index in [4.69, 9.17) is 10.5 Å². The number of aliphatic hydroxyl groups is 2. The smallest absolute Gasteiger partial charge is 0.167 e. The Morgan fingerprint density at radius 3 is 2.85 bits per heavy atom. The Balaban J connectivity index is 2.02. The fourth-order valence-corrected chi connectivity index (χ4v) is 2.61. The largest absolute Gasteiger partial charge is 0.387 e. The van der Waals surface area contributed by atoms with Crippen molar-refractivity contribution in [2.24, 2.45) is 0 Å². The van der Waals surface area contributed by atoms with Crippen molar-refractivity contribution in [2.45, 2.75) is 24.5 Å². The van der Waals surface area contributed by atoms with E-state index in [0.717, 1.165) is 0 Å². The fourth-order valence-electron chi connectivity index (χ4n) is 2.20. The number of hydrogen-bond donors (Lipinski definition) is 3. The van der Waals surface area contributed by atoms with Crippen molar-refractivity contribution in [1.82, 2.24) is 19.5 Å². The summed E-state index contributed by atoms with van der Waals surface area (Å²) in [5.41, 5.74) is 6.60. The van der Waals surface area contributed by atoms with Gasteiger partial charge in [0.15, 0.2) is 17.7 Å². The fraction of sp³-hybridized carbons (Fsp3) is 0.364. The molecule has 8 nitrogen and oxygen atoms in total. The average Bonchev–Trinajstić information content (AvgIpc) is 2.97. The van der Waals surface area contributed by atoms with E-state index in [9.17, 15) is 10.2 Å². The standard InChI is InChI=1S/C11H12IN5O3/c12-2-1-5-7(18)8(19)11(20-5)17-4-16-6-9(13)14-3-15-10(6)17/h1-5,7-8,11,18-19H,(H2,13,14,15)/t5-,7-,8-,11-/m1/s1. The van der Waals surface area contributed by atoms with Gasteiger partial charge in [0.25, 0.3) is 0 Å². The quantitative estimate of drug-likeness (QED) is 0.618. The monoisotopic (exact) mass is 389 g/mol. The molecule has 106 valence electrons. The molecule has 0 radical (unpaired) electrons. The van der Waals surface area contributed by atoms with Crippen LogP contribution in [0.2, 0.25) is 0 Å². The number of rotatable bonds is 2. The maximum absolute atomic E-state index is 10.1. The van der Waals surface area contributed by atoms with Crippen LogP contribution in [0.15, 0.2) is 22.8 Å². The number of nitrogens with zero attached hydrogens (tertiary/aromatic N) is 4. The van der Waals surface area contributed by atoms with E-state index in [1.807, 2.05) is 22.6 Å². The zero-order valence-electron chi connectivity index (χ0n) is 10.2. The van der Waals surface area contributed by atoms with Crippen LogP contribution in [0.1, 0.15) is 6.23 Å². The van der Waals surface area contributed by atoms with E-state index >= 15 is 0 Å². The van der Waals surface area contributed by atoms with Crippen LogP contribution in [0.3, 0.4) is 0 Å². The van der Waals surface area contributed by atoms with Crippen LogP contribution in [0.5, 0.6) is 0 Å². The van der Waals surface area contributed by atoms with Crippen molar-refractivity contribution in [3.8, 4) is 0 Å². The molecule has 0 amide bonds. The molecule has 1 aliphatic heterocycles. The third-order valence-electron chi connectivity index (χ3n) is 3.20. The molecule has 0 aliphatic carbocycles. The van der Waals surface area contributed by atoms with Crippen molar-refractivity contribution in [3.63, 3.8) is 0 Å². The summed E-state index contributed by atoms with van der Waals surface area (Å²) in [7, 11) is 0. The molecule has 20 heavy (non-hydrogen) atoms. The molecule has 9 heteroatoms. The molecule has 2 aromatic rings. The number of imidazole rings is 1. The summed E-state index contributed by atoms with van der Waals surface area (Å²) in [5, 5.41) is 20.1. The maximum Gasteiger partial charge on any atom is 0.167 e. The van der Waals surface area contributed by atoms with E-state index in [-0.39, 0.29) is 5.82 Å². The lowest BCUT2D eigenvalue weighted by Crippen LogP contribution is -2.30. The summed E-state index contributed by atoms with van der Waals surface area (Å²) in [4.78, 5) is 12.1. The highest BCUT2D eigenvalue weighted by molar-refractivity contribution is 14.1. The predicted molar refractivity (Wildman–Crippen MR) is 78.8 cm³/mol. The molecule has 3 heterocycles. The second-order valence-electron chi connectivity index (χ2n) is 4.37. The first-order chi connectivity index (χ1) is 9.63. The third kappa shape index (κ3) is 2.06. The predicted octanol–water partition coefficient (Wildman–Crippen LogP) is -0.0236. The Morgan fingerprint density at radius 1 is 1.30 bits per heavy atom. The van der Waals surface area contributed by atoms with Gasteiger partial charge in [-0.1, -0.05) is 22.6 Å². The van der Waals surface area contributed by atoms with Crippen molar-refractivity contribution in [2.75, 3.05) is 5.73 Å². The lowest BCUT2D eigenvalue weighted by atomic mass is 10.1. The molecule has 4 N–H and O–H groups in total. The number of hydrogen-bond acceptors (Lipinski definition) is 7. The Hall–Kier alpha value is -1.30. The Labute approximate surface area is 127 Å². The van der Waals surface area contributed by atoms with Crippen molar-refractivity contribution >= 4 is 39.6 Å². The van der Waals surface area contributed by atoms with E-state index in [1.54, 1.807) is 14.7 Å². The highest BCUT2D eigenvalue weighted by Gasteiger charge is 2.43. The second-order valence-corrected chi connectivity index (χ2v) is 5.09. The maximum atomic E-state index is 10.1. The minimum atomic E-state index is -1.08. The molecule has 3 rings (SSSR count). The molecule has 0 unspecified atom stereocenters. The van der Waals surface area contributed by atoms with Gasteiger partial charge >= 0.3 is 0 Å². The number of ether oxygens (including phenoxy) is 1. The summed E-state index contributed by atoms with van der Waals surface area (Å²) in [6.07, 6.45) is 1.01. The van der Waals surface area contributed by atoms with Crippen LogP contribution in [-0.2, 0) is 4.74 Å². The van der Waals surface area contributed by atoms with Gasteiger partial charge < -0.3 is 20.7 Å². The number of halogens is 1. The van der Waals surface area contributed by atoms with Crippen LogP contribution in [0, 0.1) is 0 Å². The van der Waals surface area contributed by atoms with Gasteiger partial charge in [0.2, 0.25) is 0 Å². The van der Waals surface area contributed by atoms with Gasteiger partial charge in [-0.25, -0.2) is 15.0 Å². The molecule has 4 atom stereocenters. The molecular formula is C11H12IN5O3. The van der Waals surface area contributed by atoms with Crippen LogP contribution in [0.4, 0.5) is 5.82 Å². The van der Waals surface area contributed by atoms with Gasteiger partial charge in [0.05, 0.1) is 6.33 Å². The molecule has 0 spiro atoms. The van der Waals surface area contributed by atoms with Crippen LogP contribution in [0.25, 0.3) is 11.2 Å². The molecule has 1 saturated heterocycles. The molecule has 2 aromatic heterocycles. The minimum Gasteiger partial charge on any atom is -0.387 e. The van der Waals surface area contributed by atoms with Crippen LogP contribution < -0.4 is 5.73 Å². The highest BCUT2D eigenvalue weighted by Crippen LogP contribution is 2.32. The average molecular weight is 389 g/mol. The lowest BCUT2D eigenvalue weighted by molar-refractivity contribution is -0.0244. The van der Waals surface area contributed by atoms with Gasteiger partial charge in [-0.2, -0.15) is 0 Å². The van der Waals surface area contributed by atoms with Crippen molar-refractivity contribution in [3.05, 3.63) is 22.8 Å². The van der Waals surface area contributed by atoms with Gasteiger partial charge in [-0.3, -0.25) is 4.57 Å². The first-order valence-electron chi connectivity index (χ1n) is 5.85. The summed E-state index contributed by atoms with van der Waals surface area (Å²) in [5.74, 6) is 0.255. The van der Waals surface area contributed by atoms with Crippen LogP contribution in [-0.4, -0.2) is 48.0 Å². The Bertz CT molecular complexity index is 661. The lowest BCUT2D eigenvalue weighted by Gasteiger charge is -2.16. The number of fused-ring (bicyclic) bond motifs is 1. The molecule has 1 fully saturated rings. The van der Waals surface area contributed by atoms with E-state index in [1.165, 1.54) is 12.7 Å². The minimum absolute atomic E-state index is 0.255. The molecule has 0 aromatic carbocycles. The van der Waals surface area contributed by atoms with Gasteiger partial charge in [-0.15, -0.1) is 0 Å². The first kappa shape index (κ1) is 13.7. The Kier molecular flexibility index (Phi) is 3.58. The summed E-state index contributed by atoms with van der Waals surface area (Å²) in [6, 6.07) is 0. The van der Waals surface area contributed by atoms with Crippen molar-refractivity contribution in [1.29, 1.82) is 0 Å². The number of anilines is 1. The van der Waals surface area contributed by atoms with E-state index in [0.29, 0.717) is 11.2 Å². The number of nitrogens with two attached hydrogens (primary N) is 1. The second kappa shape index (κ2) is 5.24. The van der Waals surface area contributed by atoms with Gasteiger partial charge in [0.1, 0.15) is 30.2 Å². The summed E-state index contributed by atoms with van der Waals surface area (Å²) in [6.45, 7) is 0. The molecule has 0 saturated carbocycles. The topological polar surface area (TPSA) is 119 Å². The number of nitrogen functional groups attached to an aromatic ring is 1. The normalized spacial score (nSPS) is 30.6. The first-order valence-corrected chi connectivity index (χ1v) is 7.09. The Morgan fingerprint density at radius 2 is 2.10 bits per heavy atom.